The molecule has 1 N–H and O–H groups in total. The quantitative estimate of drug-likeness (QED) is 0.467. The fourth-order valence-corrected chi connectivity index (χ4v) is 3.77. The SMILES string of the molecule is N#Cc1ccc(Oc2ccc3nc(C(=O)N[C@@H]4CCOc5ccc(F)cc54)ccc3c2)cc1. The van der Waals surface area contributed by atoms with E-state index in [0.717, 1.165) is 5.39 Å². The van der Waals surface area contributed by atoms with Gasteiger partial charge >= 0.3 is 0 Å². The molecule has 33 heavy (non-hydrogen) atoms. The highest BCUT2D eigenvalue weighted by Crippen LogP contribution is 2.33. The summed E-state index contributed by atoms with van der Waals surface area (Å²) in [7, 11) is 0. The molecule has 1 aromatic heterocycles. The Morgan fingerprint density at radius 1 is 1.06 bits per heavy atom. The normalized spacial score (nSPS) is 14.6. The lowest BCUT2D eigenvalue weighted by Crippen LogP contribution is -2.32. The fourth-order valence-electron chi connectivity index (χ4n) is 3.77. The maximum atomic E-state index is 13.7. The molecule has 5 rings (SSSR count). The Morgan fingerprint density at radius 3 is 2.70 bits per heavy atom. The number of aromatic nitrogens is 1. The lowest BCUT2D eigenvalue weighted by atomic mass is 10.00. The summed E-state index contributed by atoms with van der Waals surface area (Å²) < 4.78 is 25.1. The van der Waals surface area contributed by atoms with E-state index in [-0.39, 0.29) is 23.5 Å². The fraction of sp³-hybridized carbons (Fsp3) is 0.115. The van der Waals surface area contributed by atoms with Gasteiger partial charge < -0.3 is 14.8 Å². The second-order valence-corrected chi connectivity index (χ2v) is 7.63. The van der Waals surface area contributed by atoms with Gasteiger partial charge in [0, 0.05) is 17.4 Å². The highest BCUT2D eigenvalue weighted by Gasteiger charge is 2.24. The number of amides is 1. The number of nitrogens with zero attached hydrogens (tertiary/aromatic N) is 2. The summed E-state index contributed by atoms with van der Waals surface area (Å²) in [6.45, 7) is 0.441. The third kappa shape index (κ3) is 4.32. The van der Waals surface area contributed by atoms with Crippen LogP contribution in [0.4, 0.5) is 4.39 Å². The van der Waals surface area contributed by atoms with E-state index in [1.165, 1.54) is 12.1 Å². The van der Waals surface area contributed by atoms with Crippen molar-refractivity contribution in [3.05, 3.63) is 95.4 Å². The molecule has 6 nitrogen and oxygen atoms in total. The van der Waals surface area contributed by atoms with E-state index in [9.17, 15) is 9.18 Å². The van der Waals surface area contributed by atoms with Crippen LogP contribution in [0, 0.1) is 17.1 Å². The van der Waals surface area contributed by atoms with E-state index in [1.54, 1.807) is 54.6 Å². The zero-order valence-corrected chi connectivity index (χ0v) is 17.4. The minimum absolute atomic E-state index is 0.271. The van der Waals surface area contributed by atoms with Gasteiger partial charge in [-0.1, -0.05) is 6.07 Å². The van der Waals surface area contributed by atoms with E-state index in [4.69, 9.17) is 14.7 Å². The lowest BCUT2D eigenvalue weighted by molar-refractivity contribution is 0.0920. The Kier molecular flexibility index (Phi) is 5.33. The maximum Gasteiger partial charge on any atom is 0.270 e. The molecule has 3 aromatic carbocycles. The zero-order valence-electron chi connectivity index (χ0n) is 17.4. The van der Waals surface area contributed by atoms with Crippen LogP contribution >= 0.6 is 0 Å². The first kappa shape index (κ1) is 20.5. The van der Waals surface area contributed by atoms with Crippen LogP contribution in [-0.2, 0) is 0 Å². The number of ether oxygens (including phenoxy) is 2. The molecule has 0 saturated carbocycles. The molecule has 0 unspecified atom stereocenters. The van der Waals surface area contributed by atoms with Crippen molar-refractivity contribution < 1.29 is 18.7 Å². The number of nitrogens with one attached hydrogen (secondary N) is 1. The number of pyridine rings is 1. The van der Waals surface area contributed by atoms with Gasteiger partial charge in [0.2, 0.25) is 0 Å². The molecule has 0 fully saturated rings. The second-order valence-electron chi connectivity index (χ2n) is 7.63. The number of fused-ring (bicyclic) bond motifs is 2. The number of hydrogen-bond donors (Lipinski definition) is 1. The number of nitriles is 1. The number of halogens is 1. The number of carbonyl (C=O) groups excluding carboxylic acids is 1. The van der Waals surface area contributed by atoms with Gasteiger partial charge in [-0.3, -0.25) is 4.79 Å². The smallest absolute Gasteiger partial charge is 0.270 e. The van der Waals surface area contributed by atoms with Gasteiger partial charge in [0.25, 0.3) is 5.91 Å². The van der Waals surface area contributed by atoms with Crippen molar-refractivity contribution in [3.8, 4) is 23.3 Å². The largest absolute Gasteiger partial charge is 0.493 e. The van der Waals surface area contributed by atoms with Crippen molar-refractivity contribution in [3.63, 3.8) is 0 Å². The molecule has 7 heteroatoms. The van der Waals surface area contributed by atoms with E-state index < -0.39 is 0 Å². The molecular weight excluding hydrogens is 421 g/mol. The summed E-state index contributed by atoms with van der Waals surface area (Å²) in [5.41, 5.74) is 2.10. The van der Waals surface area contributed by atoms with E-state index >= 15 is 0 Å². The van der Waals surface area contributed by atoms with Gasteiger partial charge in [0.1, 0.15) is 28.8 Å². The summed E-state index contributed by atoms with van der Waals surface area (Å²) >= 11 is 0. The van der Waals surface area contributed by atoms with Crippen molar-refractivity contribution >= 4 is 16.8 Å². The summed E-state index contributed by atoms with van der Waals surface area (Å²) in [6.07, 6.45) is 0.547. The topological polar surface area (TPSA) is 84.2 Å². The van der Waals surface area contributed by atoms with E-state index in [2.05, 4.69) is 16.4 Å². The average Bonchev–Trinajstić information content (AvgIpc) is 2.84. The predicted molar refractivity (Wildman–Crippen MR) is 120 cm³/mol. The van der Waals surface area contributed by atoms with Crippen molar-refractivity contribution in [2.75, 3.05) is 6.61 Å². The Labute approximate surface area is 189 Å². The van der Waals surface area contributed by atoms with Crippen molar-refractivity contribution in [2.24, 2.45) is 0 Å². The monoisotopic (exact) mass is 439 g/mol. The van der Waals surface area contributed by atoms with Crippen LogP contribution in [0.25, 0.3) is 10.9 Å². The van der Waals surface area contributed by atoms with Crippen LogP contribution in [0.15, 0.2) is 72.8 Å². The van der Waals surface area contributed by atoms with Gasteiger partial charge in [-0.25, -0.2) is 9.37 Å². The molecule has 162 valence electrons. The molecule has 1 aliphatic rings. The zero-order chi connectivity index (χ0) is 22.8. The third-order valence-electron chi connectivity index (χ3n) is 5.43. The van der Waals surface area contributed by atoms with Crippen LogP contribution in [0.3, 0.4) is 0 Å². The van der Waals surface area contributed by atoms with Gasteiger partial charge in [-0.15, -0.1) is 0 Å². The summed E-state index contributed by atoms with van der Waals surface area (Å²) in [4.78, 5) is 17.3. The molecule has 1 atom stereocenters. The van der Waals surface area contributed by atoms with Gasteiger partial charge in [0.15, 0.2) is 0 Å². The van der Waals surface area contributed by atoms with Gasteiger partial charge in [-0.05, 0) is 66.7 Å². The molecule has 1 amide bonds. The number of carbonyl (C=O) groups is 1. The molecule has 1 aliphatic heterocycles. The first-order chi connectivity index (χ1) is 16.1. The molecular formula is C26H18FN3O3. The molecule has 0 aliphatic carbocycles. The van der Waals surface area contributed by atoms with Crippen LogP contribution in [0.5, 0.6) is 17.2 Å². The lowest BCUT2D eigenvalue weighted by Gasteiger charge is -2.26. The van der Waals surface area contributed by atoms with Gasteiger partial charge in [-0.2, -0.15) is 5.26 Å². The molecule has 2 heterocycles. The van der Waals surface area contributed by atoms with Crippen LogP contribution < -0.4 is 14.8 Å². The van der Waals surface area contributed by atoms with E-state index in [1.807, 2.05) is 6.07 Å². The molecule has 0 bridgehead atoms. The second kappa shape index (κ2) is 8.60. The summed E-state index contributed by atoms with van der Waals surface area (Å²) in [5.74, 6) is 1.10. The first-order valence-electron chi connectivity index (χ1n) is 10.4. The standard InChI is InChI=1S/C26H18FN3O3/c27-18-4-10-25-21(14-18)23(11-12-32-25)30-26(31)24-8-3-17-13-20(7-9-22(17)29-24)33-19-5-1-16(15-28)2-6-19/h1-10,13-14,23H,11-12H2,(H,30,31)/t23-/m1/s1. The molecule has 4 aromatic rings. The van der Waals surface area contributed by atoms with Crippen molar-refractivity contribution in [2.45, 2.75) is 12.5 Å². The van der Waals surface area contributed by atoms with Gasteiger partial charge in [0.05, 0.1) is 29.8 Å². The maximum absolute atomic E-state index is 13.7. The third-order valence-corrected chi connectivity index (χ3v) is 5.43. The Hall–Kier alpha value is -4.44. The predicted octanol–water partition coefficient (Wildman–Crippen LogP) is 5.29. The highest BCUT2D eigenvalue weighted by molar-refractivity contribution is 5.95. The Balaban J connectivity index is 1.33. The first-order valence-corrected chi connectivity index (χ1v) is 10.4. The molecule has 0 saturated heterocycles. The van der Waals surface area contributed by atoms with Crippen LogP contribution in [0.1, 0.15) is 34.1 Å². The average molecular weight is 439 g/mol. The number of rotatable bonds is 4. The Morgan fingerprint density at radius 2 is 1.88 bits per heavy atom. The van der Waals surface area contributed by atoms with Crippen LogP contribution in [-0.4, -0.2) is 17.5 Å². The Bertz CT molecular complexity index is 1400. The minimum atomic E-state index is -0.374. The number of hydrogen-bond acceptors (Lipinski definition) is 5. The molecule has 0 radical (unpaired) electrons. The summed E-state index contributed by atoms with van der Waals surface area (Å²) in [5, 5.41) is 12.7. The highest BCUT2D eigenvalue weighted by atomic mass is 19.1. The minimum Gasteiger partial charge on any atom is -0.493 e. The number of benzene rings is 3. The van der Waals surface area contributed by atoms with Crippen molar-refractivity contribution in [1.29, 1.82) is 5.26 Å². The van der Waals surface area contributed by atoms with E-state index in [0.29, 0.717) is 46.9 Å². The van der Waals surface area contributed by atoms with Crippen molar-refractivity contribution in [1.82, 2.24) is 10.3 Å². The summed E-state index contributed by atoms with van der Waals surface area (Å²) in [6, 6.07) is 21.7. The van der Waals surface area contributed by atoms with Crippen LogP contribution in [0.2, 0.25) is 0 Å². The molecule has 0 spiro atoms.